The monoisotopic (exact) mass is 206 g/mol. The Kier molecular flexibility index (Phi) is 5.98. The first-order valence-electron chi connectivity index (χ1n) is 6.19. The first kappa shape index (κ1) is 12.2. The zero-order valence-corrected chi connectivity index (χ0v) is 9.76. The Morgan fingerprint density at radius 2 is 1.73 bits per heavy atom. The summed E-state index contributed by atoms with van der Waals surface area (Å²) in [6.07, 6.45) is 12.1. The predicted molar refractivity (Wildman–Crippen MR) is 64.3 cm³/mol. The third-order valence-corrected chi connectivity index (χ3v) is 2.86. The minimum atomic E-state index is 0.348. The van der Waals surface area contributed by atoms with Crippen LogP contribution in [0.15, 0.2) is 12.3 Å². The van der Waals surface area contributed by atoms with Crippen LogP contribution < -0.4 is 5.73 Å². The third kappa shape index (κ3) is 4.91. The van der Waals surface area contributed by atoms with E-state index in [4.69, 9.17) is 0 Å². The molecule has 15 heavy (non-hydrogen) atoms. The van der Waals surface area contributed by atoms with Crippen molar-refractivity contribution in [2.24, 2.45) is 0 Å². The predicted octanol–water partition coefficient (Wildman–Crippen LogP) is 4.01. The van der Waals surface area contributed by atoms with E-state index in [1.807, 2.05) is 6.07 Å². The number of nitrogens with one attached hydrogen (secondary N) is 1. The smallest absolute Gasteiger partial charge is 0.155 e. The van der Waals surface area contributed by atoms with Gasteiger partial charge in [0.05, 0.1) is 0 Å². The lowest BCUT2D eigenvalue weighted by atomic mass is 10.1. The van der Waals surface area contributed by atoms with E-state index in [-0.39, 0.29) is 0 Å². The number of unbranched alkanes of at least 4 members (excludes halogenated alkanes) is 6. The van der Waals surface area contributed by atoms with Gasteiger partial charge in [-0.25, -0.2) is 0 Å². The second-order valence-corrected chi connectivity index (χ2v) is 4.22. The summed E-state index contributed by atoms with van der Waals surface area (Å²) in [4.78, 5) is 2.79. The number of aryl methyl sites for hydroxylation is 1. The Morgan fingerprint density at radius 1 is 1.07 bits per heavy atom. The van der Waals surface area contributed by atoms with Crippen molar-refractivity contribution in [1.29, 1.82) is 0 Å². The van der Waals surface area contributed by atoms with Gasteiger partial charge in [0.15, 0.2) is 5.82 Å². The summed E-state index contributed by atoms with van der Waals surface area (Å²) in [5.74, 6) is 0.348. The summed E-state index contributed by atoms with van der Waals surface area (Å²) in [5.41, 5.74) is 10.4. The molecule has 2 heteroatoms. The second kappa shape index (κ2) is 7.38. The Labute approximate surface area is 93.3 Å². The summed E-state index contributed by atoms with van der Waals surface area (Å²) in [5, 5.41) is 0. The minimum absolute atomic E-state index is 0.348. The Balaban J connectivity index is 1.96. The van der Waals surface area contributed by atoms with Crippen LogP contribution in [-0.4, -0.2) is 4.98 Å². The van der Waals surface area contributed by atoms with E-state index in [0.29, 0.717) is 5.82 Å². The summed E-state index contributed by atoms with van der Waals surface area (Å²) in [6.45, 7) is 2.24. The normalized spacial score (nSPS) is 10.7. The lowest BCUT2D eigenvalue weighted by molar-refractivity contribution is 0.589. The maximum Gasteiger partial charge on any atom is 0.155 e. The van der Waals surface area contributed by atoms with Gasteiger partial charge in [0.1, 0.15) is 0 Å². The highest BCUT2D eigenvalue weighted by Crippen LogP contribution is 2.15. The van der Waals surface area contributed by atoms with Crippen LogP contribution >= 0.6 is 0 Å². The summed E-state index contributed by atoms with van der Waals surface area (Å²) < 4.78 is 0. The number of hydrogen-bond acceptors (Lipinski definition) is 0. The van der Waals surface area contributed by atoms with Crippen molar-refractivity contribution < 1.29 is 0 Å². The lowest BCUT2D eigenvalue weighted by Crippen LogP contribution is -1.86. The average molecular weight is 206 g/mol. The van der Waals surface area contributed by atoms with Gasteiger partial charge in [0, 0.05) is 6.20 Å². The van der Waals surface area contributed by atoms with Crippen LogP contribution in [0.4, 0.5) is 5.82 Å². The van der Waals surface area contributed by atoms with Crippen LogP contribution in [-0.2, 0) is 6.42 Å². The van der Waals surface area contributed by atoms with Crippen molar-refractivity contribution in [2.45, 2.75) is 58.3 Å². The van der Waals surface area contributed by atoms with E-state index in [1.54, 1.807) is 6.20 Å². The molecule has 1 aromatic heterocycles. The van der Waals surface area contributed by atoms with Gasteiger partial charge in [-0.05, 0) is 24.5 Å². The quantitative estimate of drug-likeness (QED) is 0.624. The Bertz CT molecular complexity index is 253. The van der Waals surface area contributed by atoms with E-state index in [2.05, 4.69) is 11.9 Å². The molecule has 0 unspecified atom stereocenters. The molecule has 0 bridgehead atoms. The van der Waals surface area contributed by atoms with Gasteiger partial charge in [-0.3, -0.25) is 0 Å². The molecule has 0 spiro atoms. The van der Waals surface area contributed by atoms with Gasteiger partial charge in [-0.1, -0.05) is 45.4 Å². The fraction of sp³-hybridized carbons (Fsp3) is 0.692. The Hall–Kier alpha value is -0.920. The number of H-pyrrole nitrogens is 1. The van der Waals surface area contributed by atoms with E-state index in [0.717, 1.165) is 12.0 Å². The van der Waals surface area contributed by atoms with Crippen LogP contribution in [0.1, 0.15) is 57.4 Å². The molecule has 0 aliphatic heterocycles. The highest BCUT2D eigenvalue weighted by atomic mass is 14.8. The van der Waals surface area contributed by atoms with E-state index in [1.165, 1.54) is 44.9 Å². The molecular weight excluding hydrogens is 184 g/mol. The highest BCUT2D eigenvalue weighted by Gasteiger charge is 2.00. The third-order valence-electron chi connectivity index (χ3n) is 2.86. The minimum Gasteiger partial charge on any atom is -0.345 e. The topological polar surface area (TPSA) is 38.1 Å². The van der Waals surface area contributed by atoms with Crippen LogP contribution in [0.5, 0.6) is 0 Å². The molecule has 1 aromatic rings. The molecule has 0 aliphatic carbocycles. The van der Waals surface area contributed by atoms with Gasteiger partial charge < -0.3 is 4.98 Å². The van der Waals surface area contributed by atoms with Crippen LogP contribution in [0.2, 0.25) is 0 Å². The molecule has 0 aliphatic rings. The summed E-state index contributed by atoms with van der Waals surface area (Å²) >= 11 is 0. The van der Waals surface area contributed by atoms with Crippen molar-refractivity contribution in [3.8, 4) is 0 Å². The molecule has 2 nitrogen and oxygen atoms in total. The van der Waals surface area contributed by atoms with Crippen molar-refractivity contribution >= 4 is 5.82 Å². The molecule has 1 rings (SSSR count). The highest BCUT2D eigenvalue weighted by molar-refractivity contribution is 5.35. The van der Waals surface area contributed by atoms with Gasteiger partial charge in [-0.2, -0.15) is 0 Å². The largest absolute Gasteiger partial charge is 0.345 e. The molecule has 2 radical (unpaired) electrons. The number of rotatable bonds is 8. The van der Waals surface area contributed by atoms with Crippen molar-refractivity contribution in [3.63, 3.8) is 0 Å². The van der Waals surface area contributed by atoms with Gasteiger partial charge in [0.2, 0.25) is 0 Å². The van der Waals surface area contributed by atoms with E-state index in [9.17, 15) is 5.73 Å². The fourth-order valence-electron chi connectivity index (χ4n) is 1.87. The maximum atomic E-state index is 9.37. The van der Waals surface area contributed by atoms with Crippen molar-refractivity contribution in [1.82, 2.24) is 10.7 Å². The zero-order chi connectivity index (χ0) is 10.9. The van der Waals surface area contributed by atoms with Gasteiger partial charge in [0.25, 0.3) is 0 Å². The molecule has 1 N–H and O–H groups in total. The van der Waals surface area contributed by atoms with Crippen molar-refractivity contribution in [3.05, 3.63) is 17.8 Å². The lowest BCUT2D eigenvalue weighted by Gasteiger charge is -2.00. The molecule has 0 amide bonds. The zero-order valence-electron chi connectivity index (χ0n) is 9.76. The number of aromatic amines is 1. The Morgan fingerprint density at radius 3 is 2.33 bits per heavy atom. The van der Waals surface area contributed by atoms with Gasteiger partial charge >= 0.3 is 0 Å². The number of nitrogens with zero attached hydrogens (tertiary/aromatic N) is 1. The average Bonchev–Trinajstić information content (AvgIpc) is 2.63. The molecule has 0 atom stereocenters. The summed E-state index contributed by atoms with van der Waals surface area (Å²) in [6, 6.07) is 1.96. The maximum absolute atomic E-state index is 9.37. The van der Waals surface area contributed by atoms with Crippen LogP contribution in [0.25, 0.3) is 0 Å². The van der Waals surface area contributed by atoms with E-state index >= 15 is 0 Å². The molecule has 0 saturated carbocycles. The fourth-order valence-corrected chi connectivity index (χ4v) is 1.87. The first-order chi connectivity index (χ1) is 7.34. The standard InChI is InChI=1S/C13H22N2/c1-2-3-4-5-6-7-8-9-12-10-11-15-13(12)14/h10-11,15H,2-9H2,1H3. The van der Waals surface area contributed by atoms with Crippen molar-refractivity contribution in [2.75, 3.05) is 0 Å². The molecule has 0 fully saturated rings. The molecule has 0 saturated heterocycles. The SMILES string of the molecule is CCCCCCCCCc1cc[nH]c1[N]. The van der Waals surface area contributed by atoms with E-state index < -0.39 is 0 Å². The molecule has 0 aromatic carbocycles. The van der Waals surface area contributed by atoms with Gasteiger partial charge in [-0.15, -0.1) is 5.73 Å². The second-order valence-electron chi connectivity index (χ2n) is 4.22. The first-order valence-corrected chi connectivity index (χ1v) is 6.19. The van der Waals surface area contributed by atoms with Crippen LogP contribution in [0.3, 0.4) is 0 Å². The molecule has 1 heterocycles. The molecule has 84 valence electrons. The molecular formula is C13H22N2. The number of aromatic nitrogens is 1. The van der Waals surface area contributed by atoms with Crippen LogP contribution in [0, 0.1) is 0 Å². The summed E-state index contributed by atoms with van der Waals surface area (Å²) in [7, 11) is 0. The number of hydrogen-bond donors (Lipinski definition) is 1.